The molecular formula is C14H23ClN4. The highest BCUT2D eigenvalue weighted by Crippen LogP contribution is 2.20. The van der Waals surface area contributed by atoms with Crippen LogP contribution in [0.1, 0.15) is 37.6 Å². The molecular weight excluding hydrogens is 260 g/mol. The van der Waals surface area contributed by atoms with Crippen molar-refractivity contribution in [3.8, 4) is 0 Å². The summed E-state index contributed by atoms with van der Waals surface area (Å²) in [6, 6.07) is 0. The Balaban J connectivity index is 1.93. The van der Waals surface area contributed by atoms with Crippen molar-refractivity contribution in [1.29, 1.82) is 0 Å². The molecule has 19 heavy (non-hydrogen) atoms. The fraction of sp³-hybridized carbons (Fsp3) is 0.714. The number of likely N-dealkylation sites (tertiary alicyclic amines) is 1. The number of aryl methyl sites for hydroxylation is 1. The van der Waals surface area contributed by atoms with Gasteiger partial charge in [0.25, 0.3) is 0 Å². The lowest BCUT2D eigenvalue weighted by molar-refractivity contribution is 0.352. The number of halogens is 1. The Morgan fingerprint density at radius 2 is 2.00 bits per heavy atom. The molecule has 1 fully saturated rings. The first kappa shape index (κ1) is 14.5. The van der Waals surface area contributed by atoms with Gasteiger partial charge in [0.2, 0.25) is 0 Å². The normalized spacial score (nSPS) is 15.9. The highest BCUT2D eigenvalue weighted by molar-refractivity contribution is 6.30. The fourth-order valence-electron chi connectivity index (χ4n) is 2.38. The average Bonchev–Trinajstić information content (AvgIpc) is 2.88. The van der Waals surface area contributed by atoms with Crippen LogP contribution >= 0.6 is 11.6 Å². The van der Waals surface area contributed by atoms with E-state index in [1.54, 1.807) is 0 Å². The summed E-state index contributed by atoms with van der Waals surface area (Å²) in [4.78, 5) is 11.4. The van der Waals surface area contributed by atoms with Crippen molar-refractivity contribution in [1.82, 2.24) is 14.9 Å². The Hall–Kier alpha value is -0.870. The second-order valence-electron chi connectivity index (χ2n) is 5.13. The lowest BCUT2D eigenvalue weighted by atomic mass is 10.3. The van der Waals surface area contributed by atoms with E-state index in [1.807, 2.05) is 6.92 Å². The minimum atomic E-state index is 0.571. The van der Waals surface area contributed by atoms with Gasteiger partial charge in [-0.3, -0.25) is 0 Å². The van der Waals surface area contributed by atoms with E-state index in [9.17, 15) is 0 Å². The van der Waals surface area contributed by atoms with Crippen LogP contribution in [0.25, 0.3) is 0 Å². The van der Waals surface area contributed by atoms with E-state index in [4.69, 9.17) is 11.6 Å². The van der Waals surface area contributed by atoms with Crippen LogP contribution in [-0.4, -0.2) is 41.0 Å². The molecule has 0 amide bonds. The van der Waals surface area contributed by atoms with Crippen LogP contribution in [0.2, 0.25) is 5.15 Å². The molecule has 5 heteroatoms. The van der Waals surface area contributed by atoms with Gasteiger partial charge in [0.05, 0.1) is 0 Å². The summed E-state index contributed by atoms with van der Waals surface area (Å²) in [5.41, 5.74) is 0.947. The van der Waals surface area contributed by atoms with Gasteiger partial charge in [0.1, 0.15) is 16.8 Å². The van der Waals surface area contributed by atoms with E-state index in [-0.39, 0.29) is 0 Å². The Morgan fingerprint density at radius 3 is 2.68 bits per heavy atom. The molecule has 1 aromatic heterocycles. The molecule has 1 aromatic rings. The lowest BCUT2D eigenvalue weighted by Crippen LogP contribution is -2.26. The Bertz CT molecular complexity index is 416. The van der Waals surface area contributed by atoms with Crippen molar-refractivity contribution in [2.75, 3.05) is 31.5 Å². The average molecular weight is 283 g/mol. The zero-order chi connectivity index (χ0) is 13.7. The summed E-state index contributed by atoms with van der Waals surface area (Å²) in [6.07, 6.45) is 4.57. The summed E-state index contributed by atoms with van der Waals surface area (Å²) in [6.45, 7) is 8.54. The molecule has 0 saturated carbocycles. The van der Waals surface area contributed by atoms with E-state index >= 15 is 0 Å². The highest BCUT2D eigenvalue weighted by atomic mass is 35.5. The van der Waals surface area contributed by atoms with Gasteiger partial charge >= 0.3 is 0 Å². The monoisotopic (exact) mass is 282 g/mol. The molecule has 0 aromatic carbocycles. The molecule has 4 nitrogen and oxygen atoms in total. The van der Waals surface area contributed by atoms with Crippen LogP contribution in [0.5, 0.6) is 0 Å². The van der Waals surface area contributed by atoms with Gasteiger partial charge < -0.3 is 10.2 Å². The second-order valence-corrected chi connectivity index (χ2v) is 5.49. The third kappa shape index (κ3) is 4.05. The Morgan fingerprint density at radius 1 is 1.26 bits per heavy atom. The van der Waals surface area contributed by atoms with Crippen molar-refractivity contribution in [2.45, 2.75) is 39.5 Å². The van der Waals surface area contributed by atoms with Crippen LogP contribution in [-0.2, 0) is 6.42 Å². The highest BCUT2D eigenvalue weighted by Gasteiger charge is 2.12. The smallest absolute Gasteiger partial charge is 0.137 e. The maximum atomic E-state index is 6.16. The van der Waals surface area contributed by atoms with Crippen molar-refractivity contribution >= 4 is 17.4 Å². The van der Waals surface area contributed by atoms with E-state index < -0.39 is 0 Å². The number of anilines is 1. The predicted molar refractivity (Wildman–Crippen MR) is 79.9 cm³/mol. The number of nitrogens with zero attached hydrogens (tertiary/aromatic N) is 3. The minimum absolute atomic E-state index is 0.571. The standard InChI is InChI=1S/C14H23ClN4/c1-3-6-12-17-13(15)11(2)14(18-12)16-7-10-19-8-4-5-9-19/h3-10H2,1-2H3,(H,16,17,18). The molecule has 2 heterocycles. The van der Waals surface area contributed by atoms with Crippen molar-refractivity contribution < 1.29 is 0 Å². The lowest BCUT2D eigenvalue weighted by Gasteiger charge is -2.16. The molecule has 2 rings (SSSR count). The number of nitrogens with one attached hydrogen (secondary N) is 1. The van der Waals surface area contributed by atoms with Gasteiger partial charge in [-0.2, -0.15) is 0 Å². The third-order valence-corrected chi connectivity index (χ3v) is 3.89. The van der Waals surface area contributed by atoms with Crippen LogP contribution in [0.4, 0.5) is 5.82 Å². The molecule has 106 valence electrons. The molecule has 0 atom stereocenters. The minimum Gasteiger partial charge on any atom is -0.368 e. The second kappa shape index (κ2) is 7.06. The van der Waals surface area contributed by atoms with Crippen molar-refractivity contribution in [3.63, 3.8) is 0 Å². The van der Waals surface area contributed by atoms with Gasteiger partial charge in [0, 0.05) is 25.1 Å². The molecule has 0 bridgehead atoms. The van der Waals surface area contributed by atoms with Crippen LogP contribution in [0.15, 0.2) is 0 Å². The van der Waals surface area contributed by atoms with Crippen molar-refractivity contribution in [2.24, 2.45) is 0 Å². The van der Waals surface area contributed by atoms with Gasteiger partial charge in [-0.05, 0) is 39.3 Å². The molecule has 1 aliphatic rings. The maximum Gasteiger partial charge on any atom is 0.137 e. The Kier molecular flexibility index (Phi) is 5.40. The quantitative estimate of drug-likeness (QED) is 0.815. The van der Waals surface area contributed by atoms with Gasteiger partial charge in [-0.15, -0.1) is 0 Å². The zero-order valence-corrected chi connectivity index (χ0v) is 12.6. The number of aromatic nitrogens is 2. The summed E-state index contributed by atoms with van der Waals surface area (Å²) in [7, 11) is 0. The van der Waals surface area contributed by atoms with Crippen LogP contribution in [0, 0.1) is 6.92 Å². The SMILES string of the molecule is CCCc1nc(Cl)c(C)c(NCCN2CCCC2)n1. The molecule has 0 spiro atoms. The summed E-state index contributed by atoms with van der Waals surface area (Å²) >= 11 is 6.16. The van der Waals surface area contributed by atoms with E-state index in [0.717, 1.165) is 43.1 Å². The molecule has 1 N–H and O–H groups in total. The van der Waals surface area contributed by atoms with Crippen LogP contribution < -0.4 is 5.32 Å². The number of hydrogen-bond donors (Lipinski definition) is 1. The number of hydrogen-bond acceptors (Lipinski definition) is 4. The molecule has 0 aliphatic carbocycles. The van der Waals surface area contributed by atoms with Gasteiger partial charge in [-0.1, -0.05) is 18.5 Å². The maximum absolute atomic E-state index is 6.16. The van der Waals surface area contributed by atoms with E-state index in [1.165, 1.54) is 25.9 Å². The first-order chi connectivity index (χ1) is 9.20. The Labute approximate surface area is 120 Å². The zero-order valence-electron chi connectivity index (χ0n) is 11.9. The molecule has 1 aliphatic heterocycles. The number of rotatable bonds is 6. The first-order valence-electron chi connectivity index (χ1n) is 7.20. The summed E-state index contributed by atoms with van der Waals surface area (Å²) < 4.78 is 0. The largest absolute Gasteiger partial charge is 0.368 e. The predicted octanol–water partition coefficient (Wildman–Crippen LogP) is 2.90. The van der Waals surface area contributed by atoms with Crippen LogP contribution in [0.3, 0.4) is 0 Å². The topological polar surface area (TPSA) is 41.1 Å². The van der Waals surface area contributed by atoms with E-state index in [0.29, 0.717) is 5.15 Å². The molecule has 0 radical (unpaired) electrons. The summed E-state index contributed by atoms with van der Waals surface area (Å²) in [5.74, 6) is 1.73. The van der Waals surface area contributed by atoms with Gasteiger partial charge in [0.15, 0.2) is 0 Å². The summed E-state index contributed by atoms with van der Waals surface area (Å²) in [5, 5.41) is 3.97. The third-order valence-electron chi connectivity index (χ3n) is 3.53. The van der Waals surface area contributed by atoms with Crippen molar-refractivity contribution in [3.05, 3.63) is 16.5 Å². The fourth-order valence-corrected chi connectivity index (χ4v) is 2.57. The first-order valence-corrected chi connectivity index (χ1v) is 7.57. The molecule has 0 unspecified atom stereocenters. The van der Waals surface area contributed by atoms with Gasteiger partial charge in [-0.25, -0.2) is 9.97 Å². The van der Waals surface area contributed by atoms with E-state index in [2.05, 4.69) is 27.1 Å². The molecule has 1 saturated heterocycles.